The summed E-state index contributed by atoms with van der Waals surface area (Å²) in [4.78, 5) is 2.61. The number of hydrogen-bond donors (Lipinski definition) is 1. The highest BCUT2D eigenvalue weighted by Gasteiger charge is 2.15. The molecular weight excluding hydrogens is 318 g/mol. The molecule has 2 aromatic carbocycles. The van der Waals surface area contributed by atoms with Crippen molar-refractivity contribution in [2.24, 2.45) is 5.92 Å². The molecule has 0 unspecified atom stereocenters. The van der Waals surface area contributed by atoms with Gasteiger partial charge in [-0.1, -0.05) is 76.1 Å². The van der Waals surface area contributed by atoms with Gasteiger partial charge in [-0.2, -0.15) is 0 Å². The van der Waals surface area contributed by atoms with Gasteiger partial charge in [-0.15, -0.1) is 0 Å². The maximum absolute atomic E-state index is 10.4. The molecular formula is C24H35NO. The van der Waals surface area contributed by atoms with Gasteiger partial charge in [0.05, 0.1) is 0 Å². The lowest BCUT2D eigenvalue weighted by atomic mass is 9.96. The molecule has 0 aliphatic heterocycles. The lowest BCUT2D eigenvalue weighted by Gasteiger charge is -2.25. The zero-order chi connectivity index (χ0) is 18.2. The zero-order valence-electron chi connectivity index (χ0n) is 16.4. The Morgan fingerprint density at radius 1 is 1.00 bits per heavy atom. The number of unbranched alkanes of at least 4 members (excludes halogenated alkanes) is 1. The molecule has 0 atom stereocenters. The van der Waals surface area contributed by atoms with E-state index < -0.39 is 0 Å². The first-order valence-electron chi connectivity index (χ1n) is 10.7. The van der Waals surface area contributed by atoms with Crippen molar-refractivity contribution in [2.75, 3.05) is 13.1 Å². The number of rotatable bonds is 8. The molecule has 26 heavy (non-hydrogen) atoms. The predicted molar refractivity (Wildman–Crippen MR) is 112 cm³/mol. The van der Waals surface area contributed by atoms with E-state index in [9.17, 15) is 5.11 Å². The third-order valence-electron chi connectivity index (χ3n) is 5.96. The van der Waals surface area contributed by atoms with E-state index in [2.05, 4.69) is 24.0 Å². The Morgan fingerprint density at radius 2 is 1.77 bits per heavy atom. The van der Waals surface area contributed by atoms with Gasteiger partial charge in [-0.25, -0.2) is 0 Å². The maximum atomic E-state index is 10.4. The van der Waals surface area contributed by atoms with E-state index in [1.54, 1.807) is 0 Å². The summed E-state index contributed by atoms with van der Waals surface area (Å²) in [6, 6.07) is 12.3. The van der Waals surface area contributed by atoms with Crippen LogP contribution < -0.4 is 0 Å². The van der Waals surface area contributed by atoms with E-state index >= 15 is 0 Å². The fraction of sp³-hybridized carbons (Fsp3) is 0.583. The van der Waals surface area contributed by atoms with Crippen molar-refractivity contribution in [3.63, 3.8) is 0 Å². The van der Waals surface area contributed by atoms with Gasteiger partial charge in [-0.05, 0) is 54.9 Å². The molecule has 0 saturated heterocycles. The van der Waals surface area contributed by atoms with E-state index in [4.69, 9.17) is 0 Å². The van der Waals surface area contributed by atoms with Crippen LogP contribution in [0.1, 0.15) is 70.3 Å². The normalized spacial score (nSPS) is 16.2. The minimum absolute atomic E-state index is 0.414. The number of hydrogen-bond acceptors (Lipinski definition) is 2. The Balaban J connectivity index is 1.65. The second kappa shape index (κ2) is 9.97. The first-order valence-corrected chi connectivity index (χ1v) is 10.7. The van der Waals surface area contributed by atoms with Gasteiger partial charge in [0.15, 0.2) is 0 Å². The maximum Gasteiger partial charge on any atom is 0.123 e. The van der Waals surface area contributed by atoms with Crippen molar-refractivity contribution in [2.45, 2.75) is 71.3 Å². The number of phenolic OH excluding ortho intramolecular Hbond substituents is 1. The van der Waals surface area contributed by atoms with Crippen molar-refractivity contribution in [1.29, 1.82) is 0 Å². The zero-order valence-corrected chi connectivity index (χ0v) is 16.4. The minimum Gasteiger partial charge on any atom is -0.507 e. The Hall–Kier alpha value is -1.54. The molecule has 0 amide bonds. The van der Waals surface area contributed by atoms with Gasteiger partial charge in [0.2, 0.25) is 0 Å². The smallest absolute Gasteiger partial charge is 0.123 e. The summed E-state index contributed by atoms with van der Waals surface area (Å²) < 4.78 is 0. The lowest BCUT2D eigenvalue weighted by Crippen LogP contribution is -2.27. The van der Waals surface area contributed by atoms with Gasteiger partial charge in [-0.3, -0.25) is 4.90 Å². The first-order chi connectivity index (χ1) is 12.8. The molecule has 2 heteroatoms. The predicted octanol–water partition coefficient (Wildman–Crippen LogP) is 6.51. The number of phenols is 1. The van der Waals surface area contributed by atoms with Gasteiger partial charge in [0.25, 0.3) is 0 Å². The van der Waals surface area contributed by atoms with Crippen LogP contribution in [0.3, 0.4) is 0 Å². The summed E-state index contributed by atoms with van der Waals surface area (Å²) in [6.45, 7) is 5.57. The van der Waals surface area contributed by atoms with Gasteiger partial charge < -0.3 is 5.11 Å². The largest absolute Gasteiger partial charge is 0.507 e. The van der Waals surface area contributed by atoms with Gasteiger partial charge in [0.1, 0.15) is 5.75 Å². The standard InChI is InChI=1S/C24H35NO/c1-2-3-15-25(16-14-20-10-6-4-5-7-11-20)19-21-17-22-12-8-9-13-23(22)24(26)18-21/h8-9,12-13,17-18,20,26H,2-7,10-11,14-16,19H2,1H3. The van der Waals surface area contributed by atoms with E-state index in [0.717, 1.165) is 29.8 Å². The van der Waals surface area contributed by atoms with E-state index in [1.165, 1.54) is 69.9 Å². The molecule has 1 fully saturated rings. The van der Waals surface area contributed by atoms with Crippen LogP contribution in [0.2, 0.25) is 0 Å². The summed E-state index contributed by atoms with van der Waals surface area (Å²) in [5.41, 5.74) is 1.23. The van der Waals surface area contributed by atoms with E-state index in [0.29, 0.717) is 5.75 Å². The number of fused-ring (bicyclic) bond motifs is 1. The average Bonchev–Trinajstić information content (AvgIpc) is 2.93. The Bertz CT molecular complexity index is 673. The van der Waals surface area contributed by atoms with Crippen LogP contribution in [0.25, 0.3) is 10.8 Å². The van der Waals surface area contributed by atoms with Gasteiger partial charge >= 0.3 is 0 Å². The Morgan fingerprint density at radius 3 is 2.54 bits per heavy atom. The Labute approximate surface area is 159 Å². The van der Waals surface area contributed by atoms with Crippen molar-refractivity contribution < 1.29 is 5.11 Å². The summed E-state index contributed by atoms with van der Waals surface area (Å²) in [5.74, 6) is 1.34. The summed E-state index contributed by atoms with van der Waals surface area (Å²) in [6.07, 6.45) is 12.4. The molecule has 0 radical (unpaired) electrons. The van der Waals surface area contributed by atoms with Crippen LogP contribution in [-0.2, 0) is 6.54 Å². The second-order valence-electron chi connectivity index (χ2n) is 8.11. The molecule has 1 aliphatic carbocycles. The minimum atomic E-state index is 0.414. The third-order valence-corrected chi connectivity index (χ3v) is 5.96. The Kier molecular flexibility index (Phi) is 7.37. The molecule has 1 N–H and O–H groups in total. The molecule has 1 saturated carbocycles. The van der Waals surface area contributed by atoms with Crippen LogP contribution >= 0.6 is 0 Å². The van der Waals surface area contributed by atoms with Crippen LogP contribution in [-0.4, -0.2) is 23.1 Å². The molecule has 2 aromatic rings. The first kappa shape index (κ1) is 19.2. The van der Waals surface area contributed by atoms with Crippen LogP contribution in [0.4, 0.5) is 0 Å². The molecule has 1 aliphatic rings. The molecule has 3 rings (SSSR count). The average molecular weight is 354 g/mol. The number of nitrogens with zero attached hydrogens (tertiary/aromatic N) is 1. The molecule has 2 nitrogen and oxygen atoms in total. The fourth-order valence-electron chi connectivity index (χ4n) is 4.37. The highest BCUT2D eigenvalue weighted by molar-refractivity contribution is 5.88. The lowest BCUT2D eigenvalue weighted by molar-refractivity contribution is 0.233. The number of aromatic hydroxyl groups is 1. The molecule has 0 spiro atoms. The fourth-order valence-corrected chi connectivity index (χ4v) is 4.37. The SMILES string of the molecule is CCCCN(CCC1CCCCCC1)Cc1cc(O)c2ccccc2c1. The topological polar surface area (TPSA) is 23.5 Å². The van der Waals surface area contributed by atoms with Crippen molar-refractivity contribution in [3.05, 3.63) is 42.0 Å². The molecule has 0 heterocycles. The quantitative estimate of drug-likeness (QED) is 0.547. The highest BCUT2D eigenvalue weighted by atomic mass is 16.3. The summed E-state index contributed by atoms with van der Waals surface area (Å²) in [7, 11) is 0. The molecule has 0 bridgehead atoms. The van der Waals surface area contributed by atoms with Crippen molar-refractivity contribution >= 4 is 10.8 Å². The number of benzene rings is 2. The summed E-state index contributed by atoms with van der Waals surface area (Å²) in [5, 5.41) is 12.5. The molecule has 0 aromatic heterocycles. The summed E-state index contributed by atoms with van der Waals surface area (Å²) >= 11 is 0. The van der Waals surface area contributed by atoms with Crippen LogP contribution in [0, 0.1) is 5.92 Å². The van der Waals surface area contributed by atoms with Crippen molar-refractivity contribution in [3.8, 4) is 5.75 Å². The third kappa shape index (κ3) is 5.48. The van der Waals surface area contributed by atoms with Crippen molar-refractivity contribution in [1.82, 2.24) is 4.90 Å². The monoisotopic (exact) mass is 353 g/mol. The van der Waals surface area contributed by atoms with E-state index in [-0.39, 0.29) is 0 Å². The molecule has 142 valence electrons. The second-order valence-corrected chi connectivity index (χ2v) is 8.11. The van der Waals surface area contributed by atoms with Crippen LogP contribution in [0.5, 0.6) is 5.75 Å². The van der Waals surface area contributed by atoms with Crippen LogP contribution in [0.15, 0.2) is 36.4 Å². The van der Waals surface area contributed by atoms with Gasteiger partial charge in [0, 0.05) is 11.9 Å². The van der Waals surface area contributed by atoms with E-state index in [1.807, 2.05) is 24.3 Å². The highest BCUT2D eigenvalue weighted by Crippen LogP contribution is 2.28.